The van der Waals surface area contributed by atoms with E-state index in [1.807, 2.05) is 0 Å². The van der Waals surface area contributed by atoms with Crippen LogP contribution in [0.2, 0.25) is 0 Å². The van der Waals surface area contributed by atoms with Crippen LogP contribution in [-0.4, -0.2) is 51.5 Å². The van der Waals surface area contributed by atoms with E-state index in [1.54, 1.807) is 26.0 Å². The topological polar surface area (TPSA) is 151 Å². The predicted molar refractivity (Wildman–Crippen MR) is 129 cm³/mol. The van der Waals surface area contributed by atoms with Gasteiger partial charge < -0.3 is 25.8 Å². The third-order valence-corrected chi connectivity index (χ3v) is 5.53. The molecule has 2 aromatic heterocycles. The molecule has 2 amide bonds. The summed E-state index contributed by atoms with van der Waals surface area (Å²) < 4.78 is 20.3. The van der Waals surface area contributed by atoms with Crippen molar-refractivity contribution >= 4 is 29.0 Å². The van der Waals surface area contributed by atoms with Gasteiger partial charge in [0.15, 0.2) is 17.3 Å². The van der Waals surface area contributed by atoms with Crippen molar-refractivity contribution in [3.8, 4) is 17.0 Å². The van der Waals surface area contributed by atoms with Crippen molar-refractivity contribution in [2.24, 2.45) is 5.92 Å². The number of aliphatic hydroxyl groups is 1. The van der Waals surface area contributed by atoms with Gasteiger partial charge in [0.1, 0.15) is 11.4 Å². The first kappa shape index (κ1) is 24.9. The molecule has 0 saturated heterocycles. The molecule has 1 aromatic carbocycles. The lowest BCUT2D eigenvalue weighted by Gasteiger charge is -2.18. The summed E-state index contributed by atoms with van der Waals surface area (Å²) in [4.78, 5) is 24.6. The zero-order valence-corrected chi connectivity index (χ0v) is 20.2. The second-order valence-corrected chi connectivity index (χ2v) is 8.86. The quantitative estimate of drug-likeness (QED) is 0.370. The summed E-state index contributed by atoms with van der Waals surface area (Å²) in [6, 6.07) is 7.06. The molecular weight excluding hydrogens is 469 g/mol. The number of carbonyl (C=O) groups is 2. The van der Waals surface area contributed by atoms with Gasteiger partial charge in [-0.05, 0) is 44.9 Å². The van der Waals surface area contributed by atoms with Gasteiger partial charge >= 0.3 is 0 Å². The first-order chi connectivity index (χ1) is 17.1. The Morgan fingerprint density at radius 2 is 1.83 bits per heavy atom. The molecule has 0 aliphatic heterocycles. The summed E-state index contributed by atoms with van der Waals surface area (Å²) in [5, 5.41) is 34.3. The number of benzene rings is 1. The number of carbonyl (C=O) groups excluding carboxylic acids is 2. The number of nitrogens with zero attached hydrogens (tertiary/aromatic N) is 4. The molecule has 0 atom stereocenters. The summed E-state index contributed by atoms with van der Waals surface area (Å²) in [5.74, 6) is -1.00. The van der Waals surface area contributed by atoms with Crippen LogP contribution in [0.4, 0.5) is 21.6 Å². The molecule has 1 aliphatic carbocycles. The van der Waals surface area contributed by atoms with Gasteiger partial charge in [-0.15, -0.1) is 10.2 Å². The summed E-state index contributed by atoms with van der Waals surface area (Å²) >= 11 is 0. The minimum atomic E-state index is -1.19. The van der Waals surface area contributed by atoms with Gasteiger partial charge in [0, 0.05) is 30.7 Å². The SMILES string of the molecule is CNC(=O)c1nnc(NC(=O)C2CC2)cc1Nc1cc(F)cc(-c2ccc(C(C)(C)O)nn2)c1OC. The first-order valence-corrected chi connectivity index (χ1v) is 11.2. The summed E-state index contributed by atoms with van der Waals surface area (Å²) in [5.41, 5.74) is 0.0384. The fraction of sp³-hybridized carbons (Fsp3) is 0.333. The molecule has 11 nitrogen and oxygen atoms in total. The lowest BCUT2D eigenvalue weighted by Crippen LogP contribution is -2.22. The van der Waals surface area contributed by atoms with Crippen LogP contribution in [0.5, 0.6) is 5.75 Å². The normalized spacial score (nSPS) is 13.2. The lowest BCUT2D eigenvalue weighted by atomic mass is 10.0. The number of amides is 2. The second kappa shape index (κ2) is 9.82. The maximum Gasteiger partial charge on any atom is 0.273 e. The largest absolute Gasteiger partial charge is 0.494 e. The number of rotatable bonds is 8. The van der Waals surface area contributed by atoms with Crippen molar-refractivity contribution in [3.63, 3.8) is 0 Å². The molecule has 4 N–H and O–H groups in total. The smallest absolute Gasteiger partial charge is 0.273 e. The van der Waals surface area contributed by atoms with Crippen LogP contribution >= 0.6 is 0 Å². The Balaban J connectivity index is 1.74. The van der Waals surface area contributed by atoms with E-state index in [2.05, 4.69) is 36.3 Å². The Bertz CT molecular complexity index is 1310. The van der Waals surface area contributed by atoms with E-state index in [0.717, 1.165) is 12.8 Å². The fourth-order valence-corrected chi connectivity index (χ4v) is 3.45. The molecule has 1 saturated carbocycles. The number of anilines is 3. The Morgan fingerprint density at radius 1 is 1.08 bits per heavy atom. The number of methoxy groups -OCH3 is 1. The molecule has 12 heteroatoms. The standard InChI is InChI=1S/C24H26FN7O4/c1-24(2,35)18-8-7-15(29-30-18)14-9-13(25)10-17(21(14)36-4)27-16-11-19(28-22(33)12-5-6-12)31-32-20(16)23(34)26-3/h7-12,35H,5-6H2,1-4H3,(H,26,34)(H2,27,28,31,33). The van der Waals surface area contributed by atoms with E-state index in [4.69, 9.17) is 4.74 Å². The molecule has 1 fully saturated rings. The number of nitrogens with one attached hydrogen (secondary N) is 3. The first-order valence-electron chi connectivity index (χ1n) is 11.2. The molecular formula is C24H26FN7O4. The Morgan fingerprint density at radius 3 is 2.42 bits per heavy atom. The third-order valence-electron chi connectivity index (χ3n) is 5.53. The maximum absolute atomic E-state index is 14.7. The number of ether oxygens (including phenoxy) is 1. The average Bonchev–Trinajstić information content (AvgIpc) is 3.69. The fourth-order valence-electron chi connectivity index (χ4n) is 3.45. The van der Waals surface area contributed by atoms with Gasteiger partial charge in [0.2, 0.25) is 5.91 Å². The van der Waals surface area contributed by atoms with E-state index in [1.165, 1.54) is 32.4 Å². The summed E-state index contributed by atoms with van der Waals surface area (Å²) in [6.07, 6.45) is 1.62. The minimum Gasteiger partial charge on any atom is -0.494 e. The highest BCUT2D eigenvalue weighted by Crippen LogP contribution is 2.39. The van der Waals surface area contributed by atoms with E-state index < -0.39 is 17.3 Å². The van der Waals surface area contributed by atoms with Gasteiger partial charge in [-0.1, -0.05) is 0 Å². The maximum atomic E-state index is 14.7. The van der Waals surface area contributed by atoms with Crippen molar-refractivity contribution in [1.82, 2.24) is 25.7 Å². The zero-order valence-electron chi connectivity index (χ0n) is 20.2. The Kier molecular flexibility index (Phi) is 6.80. The van der Waals surface area contributed by atoms with Crippen molar-refractivity contribution < 1.29 is 23.8 Å². The summed E-state index contributed by atoms with van der Waals surface area (Å²) in [7, 11) is 2.85. The van der Waals surface area contributed by atoms with E-state index in [-0.39, 0.29) is 40.5 Å². The predicted octanol–water partition coefficient (Wildman–Crippen LogP) is 2.76. The molecule has 0 spiro atoms. The average molecular weight is 496 g/mol. The van der Waals surface area contributed by atoms with Crippen LogP contribution in [0.25, 0.3) is 11.3 Å². The molecule has 0 bridgehead atoms. The van der Waals surface area contributed by atoms with Gasteiger partial charge in [0.25, 0.3) is 5.91 Å². The van der Waals surface area contributed by atoms with Gasteiger partial charge in [-0.3, -0.25) is 9.59 Å². The Labute approximate surface area is 206 Å². The van der Waals surface area contributed by atoms with Crippen LogP contribution < -0.4 is 20.7 Å². The molecule has 0 unspecified atom stereocenters. The molecule has 3 aromatic rings. The third kappa shape index (κ3) is 5.38. The minimum absolute atomic E-state index is 0.0587. The highest BCUT2D eigenvalue weighted by molar-refractivity contribution is 6.00. The van der Waals surface area contributed by atoms with Crippen molar-refractivity contribution in [3.05, 3.63) is 47.5 Å². The lowest BCUT2D eigenvalue weighted by molar-refractivity contribution is -0.117. The highest BCUT2D eigenvalue weighted by atomic mass is 19.1. The van der Waals surface area contributed by atoms with Crippen molar-refractivity contribution in [2.45, 2.75) is 32.3 Å². The van der Waals surface area contributed by atoms with E-state index in [9.17, 15) is 19.1 Å². The highest BCUT2D eigenvalue weighted by Gasteiger charge is 2.30. The monoisotopic (exact) mass is 495 g/mol. The van der Waals surface area contributed by atoms with Crippen LogP contribution in [0.1, 0.15) is 42.9 Å². The van der Waals surface area contributed by atoms with Crippen LogP contribution in [0.15, 0.2) is 30.3 Å². The van der Waals surface area contributed by atoms with Gasteiger partial charge in [0.05, 0.1) is 29.9 Å². The van der Waals surface area contributed by atoms with E-state index >= 15 is 0 Å². The number of hydrogen-bond acceptors (Lipinski definition) is 9. The van der Waals surface area contributed by atoms with Gasteiger partial charge in [-0.2, -0.15) is 10.2 Å². The Hall–Kier alpha value is -4.19. The zero-order chi connectivity index (χ0) is 26.0. The number of halogens is 1. The van der Waals surface area contributed by atoms with Crippen LogP contribution in [0.3, 0.4) is 0 Å². The molecule has 36 heavy (non-hydrogen) atoms. The van der Waals surface area contributed by atoms with E-state index in [0.29, 0.717) is 17.0 Å². The molecule has 2 heterocycles. The molecule has 0 radical (unpaired) electrons. The molecule has 4 rings (SSSR count). The van der Waals surface area contributed by atoms with Gasteiger partial charge in [-0.25, -0.2) is 4.39 Å². The van der Waals surface area contributed by atoms with Crippen LogP contribution in [-0.2, 0) is 10.4 Å². The van der Waals surface area contributed by atoms with Crippen LogP contribution in [0, 0.1) is 11.7 Å². The van der Waals surface area contributed by atoms with Crippen molar-refractivity contribution in [1.29, 1.82) is 0 Å². The number of hydrogen-bond donors (Lipinski definition) is 4. The molecule has 1 aliphatic rings. The number of aromatic nitrogens is 4. The second-order valence-electron chi connectivity index (χ2n) is 8.86. The summed E-state index contributed by atoms with van der Waals surface area (Å²) in [6.45, 7) is 3.16. The van der Waals surface area contributed by atoms with Crippen molar-refractivity contribution in [2.75, 3.05) is 24.8 Å². The molecule has 188 valence electrons.